The predicted molar refractivity (Wildman–Crippen MR) is 188 cm³/mol. The summed E-state index contributed by atoms with van der Waals surface area (Å²) >= 11 is 0. The number of anilines is 1. The Kier molecular flexibility index (Phi) is 14.5. The van der Waals surface area contributed by atoms with Crippen LogP contribution in [-0.4, -0.2) is 87.3 Å². The molecule has 0 aliphatic heterocycles. The normalized spacial score (nSPS) is 12.2. The number of methoxy groups -OCH3 is 1. The van der Waals surface area contributed by atoms with Crippen molar-refractivity contribution in [3.8, 4) is 0 Å². The maximum absolute atomic E-state index is 13.3. The van der Waals surface area contributed by atoms with Crippen molar-refractivity contribution in [2.24, 2.45) is 0 Å². The molecule has 0 aliphatic carbocycles. The molecule has 3 N–H and O–H groups in total. The summed E-state index contributed by atoms with van der Waals surface area (Å²) in [6, 6.07) is 22.7. The predicted octanol–water partition coefficient (Wildman–Crippen LogP) is 2.74. The van der Waals surface area contributed by atoms with E-state index in [1.807, 2.05) is 54.6 Å². The number of carbonyl (C=O) groups excluding carboxylic acids is 4. The summed E-state index contributed by atoms with van der Waals surface area (Å²) in [7, 11) is 1.23. The Labute approximate surface area is 292 Å². The molecule has 3 heterocycles. The Balaban J connectivity index is 1.33. The fourth-order valence-electron chi connectivity index (χ4n) is 5.10. The number of aromatic nitrogens is 3. The molecule has 0 bridgehead atoms. The Hall–Kier alpha value is -5.53. The number of ether oxygens (including phenoxy) is 1. The topological polar surface area (TPSA) is 159 Å². The highest BCUT2D eigenvalue weighted by Gasteiger charge is 2.21. The molecule has 1 aromatic carbocycles. The van der Waals surface area contributed by atoms with E-state index in [2.05, 4.69) is 45.4 Å². The van der Waals surface area contributed by atoms with Gasteiger partial charge in [-0.05, 0) is 67.9 Å². The maximum Gasteiger partial charge on any atom is 0.328 e. The summed E-state index contributed by atoms with van der Waals surface area (Å²) in [5.74, 6) is -1.63. The first-order valence-corrected chi connectivity index (χ1v) is 16.4. The highest BCUT2D eigenvalue weighted by Crippen LogP contribution is 2.12. The number of pyridine rings is 3. The van der Waals surface area contributed by atoms with E-state index in [9.17, 15) is 19.2 Å². The number of hydrogen-bond donors (Lipinski definition) is 3. The lowest BCUT2D eigenvalue weighted by Gasteiger charge is -2.27. The minimum absolute atomic E-state index is 0.0315. The van der Waals surface area contributed by atoms with Gasteiger partial charge in [-0.2, -0.15) is 0 Å². The van der Waals surface area contributed by atoms with Gasteiger partial charge in [0.1, 0.15) is 12.1 Å². The van der Waals surface area contributed by atoms with E-state index >= 15 is 0 Å². The minimum Gasteiger partial charge on any atom is -0.467 e. The largest absolute Gasteiger partial charge is 0.467 e. The van der Waals surface area contributed by atoms with Gasteiger partial charge in [0.25, 0.3) is 0 Å². The number of rotatable bonds is 18. The smallest absolute Gasteiger partial charge is 0.328 e. The second kappa shape index (κ2) is 19.5. The van der Waals surface area contributed by atoms with Gasteiger partial charge in [-0.25, -0.2) is 4.79 Å². The van der Waals surface area contributed by atoms with E-state index in [0.717, 1.165) is 17.1 Å². The monoisotopic (exact) mass is 680 g/mol. The molecule has 13 heteroatoms. The average Bonchev–Trinajstić information content (AvgIpc) is 3.12. The number of benzene rings is 1. The maximum atomic E-state index is 13.3. The molecule has 0 spiro atoms. The number of nitrogens with zero attached hydrogens (tertiary/aromatic N) is 5. The van der Waals surface area contributed by atoms with Crippen molar-refractivity contribution < 1.29 is 23.9 Å². The summed E-state index contributed by atoms with van der Waals surface area (Å²) in [6.07, 6.45) is 5.34. The number of esters is 1. The lowest BCUT2D eigenvalue weighted by Crippen LogP contribution is -2.49. The molecule has 50 heavy (non-hydrogen) atoms. The molecule has 13 nitrogen and oxygen atoms in total. The van der Waals surface area contributed by atoms with Gasteiger partial charge in [0.2, 0.25) is 17.7 Å². The van der Waals surface area contributed by atoms with E-state index in [1.165, 1.54) is 21.0 Å². The Bertz CT molecular complexity index is 1620. The summed E-state index contributed by atoms with van der Waals surface area (Å²) in [6.45, 7) is 6.17. The third-order valence-corrected chi connectivity index (χ3v) is 7.72. The summed E-state index contributed by atoms with van der Waals surface area (Å²) in [5, 5.41) is 8.09. The van der Waals surface area contributed by atoms with Gasteiger partial charge >= 0.3 is 5.97 Å². The number of hydrogen-bond acceptors (Lipinski definition) is 10. The molecule has 0 fully saturated rings. The highest BCUT2D eigenvalue weighted by atomic mass is 16.5. The van der Waals surface area contributed by atoms with E-state index in [-0.39, 0.29) is 24.8 Å². The van der Waals surface area contributed by atoms with Crippen LogP contribution >= 0.6 is 0 Å². The van der Waals surface area contributed by atoms with Gasteiger partial charge in [0.15, 0.2) is 0 Å². The molecular formula is C37H44N8O5. The molecule has 0 aliphatic rings. The molecule has 2 atom stereocenters. The lowest BCUT2D eigenvalue weighted by atomic mass is 10.1. The van der Waals surface area contributed by atoms with Crippen LogP contribution in [0.2, 0.25) is 0 Å². The molecule has 3 amide bonds. The SMILES string of the molecule is COC(=O)[C@H](C)NC(=O)[C@H](C)NC(=O)Cc1ccc(NC(=O)CN(CCN(Cc2ccccn2)Cc2ccccn2)Cc2ccccn2)cc1. The first-order valence-electron chi connectivity index (χ1n) is 16.4. The van der Waals surface area contributed by atoms with Crippen molar-refractivity contribution in [3.63, 3.8) is 0 Å². The minimum atomic E-state index is -0.848. The van der Waals surface area contributed by atoms with Crippen molar-refractivity contribution in [3.05, 3.63) is 120 Å². The number of carbonyl (C=O) groups is 4. The van der Waals surface area contributed by atoms with Gasteiger partial charge in [-0.15, -0.1) is 0 Å². The first-order chi connectivity index (χ1) is 24.2. The quantitative estimate of drug-likeness (QED) is 0.134. The Morgan fingerprint density at radius 1 is 0.660 bits per heavy atom. The van der Waals surface area contributed by atoms with E-state index in [1.54, 1.807) is 42.9 Å². The summed E-state index contributed by atoms with van der Waals surface area (Å²) in [4.78, 5) is 67.6. The second-order valence-corrected chi connectivity index (χ2v) is 11.8. The third-order valence-electron chi connectivity index (χ3n) is 7.72. The van der Waals surface area contributed by atoms with Crippen LogP contribution in [0.25, 0.3) is 0 Å². The Morgan fingerprint density at radius 3 is 1.68 bits per heavy atom. The van der Waals surface area contributed by atoms with Crippen molar-refractivity contribution in [1.82, 2.24) is 35.4 Å². The van der Waals surface area contributed by atoms with Gasteiger partial charge in [-0.3, -0.25) is 39.1 Å². The highest BCUT2D eigenvalue weighted by molar-refractivity contribution is 5.92. The van der Waals surface area contributed by atoms with Gasteiger partial charge in [-0.1, -0.05) is 30.3 Å². The first kappa shape index (κ1) is 37.3. The summed E-state index contributed by atoms with van der Waals surface area (Å²) < 4.78 is 4.61. The molecule has 0 radical (unpaired) electrons. The van der Waals surface area contributed by atoms with Gasteiger partial charge < -0.3 is 20.7 Å². The fourth-order valence-corrected chi connectivity index (χ4v) is 5.10. The van der Waals surface area contributed by atoms with Crippen LogP contribution < -0.4 is 16.0 Å². The lowest BCUT2D eigenvalue weighted by molar-refractivity contribution is -0.144. The standard InChI is InChI=1S/C37H44N8O5/c1-27(36(48)42-28(2)37(49)50-3)41-34(46)22-29-13-15-30(16-14-29)43-35(47)26-45(25-33-12-6-9-19-40-33)21-20-44(23-31-10-4-7-17-38-31)24-32-11-5-8-18-39-32/h4-19,27-28H,20-26H2,1-3H3,(H,41,46)(H,42,48)(H,43,47)/t27-,28-/m0/s1. The Morgan fingerprint density at radius 2 is 1.18 bits per heavy atom. The van der Waals surface area contributed by atoms with Crippen LogP contribution in [-0.2, 0) is 50.0 Å². The molecule has 0 saturated heterocycles. The second-order valence-electron chi connectivity index (χ2n) is 11.8. The van der Waals surface area contributed by atoms with Crippen molar-refractivity contribution in [2.75, 3.05) is 32.1 Å². The molecule has 0 saturated carbocycles. The molecule has 4 rings (SSSR count). The average molecular weight is 681 g/mol. The van der Waals surface area contributed by atoms with Crippen LogP contribution in [0.4, 0.5) is 5.69 Å². The fraction of sp³-hybridized carbons (Fsp3) is 0.324. The molecule has 4 aromatic rings. The van der Waals surface area contributed by atoms with Crippen LogP contribution in [0.1, 0.15) is 36.5 Å². The van der Waals surface area contributed by atoms with E-state index in [0.29, 0.717) is 44.0 Å². The van der Waals surface area contributed by atoms with Crippen LogP contribution in [0.5, 0.6) is 0 Å². The molecule has 0 unspecified atom stereocenters. The summed E-state index contributed by atoms with van der Waals surface area (Å²) in [5.41, 5.74) is 4.04. The van der Waals surface area contributed by atoms with Crippen LogP contribution in [0.15, 0.2) is 97.5 Å². The zero-order chi connectivity index (χ0) is 35.7. The van der Waals surface area contributed by atoms with Crippen molar-refractivity contribution in [1.29, 1.82) is 0 Å². The van der Waals surface area contributed by atoms with Gasteiger partial charge in [0.05, 0.1) is 37.2 Å². The van der Waals surface area contributed by atoms with Crippen molar-refractivity contribution >= 4 is 29.4 Å². The molecular weight excluding hydrogens is 636 g/mol. The van der Waals surface area contributed by atoms with E-state index in [4.69, 9.17) is 0 Å². The van der Waals surface area contributed by atoms with Crippen LogP contribution in [0, 0.1) is 0 Å². The van der Waals surface area contributed by atoms with E-state index < -0.39 is 24.0 Å². The third kappa shape index (κ3) is 12.8. The van der Waals surface area contributed by atoms with Crippen LogP contribution in [0.3, 0.4) is 0 Å². The van der Waals surface area contributed by atoms with Crippen molar-refractivity contribution in [2.45, 2.75) is 52.0 Å². The zero-order valence-corrected chi connectivity index (χ0v) is 28.6. The number of amides is 3. The molecule has 262 valence electrons. The molecule has 3 aromatic heterocycles. The van der Waals surface area contributed by atoms with Gasteiger partial charge in [0, 0.05) is 57.0 Å². The number of nitrogens with one attached hydrogen (secondary N) is 3. The zero-order valence-electron chi connectivity index (χ0n) is 28.6.